The highest BCUT2D eigenvalue weighted by atomic mass is 79.9. The predicted molar refractivity (Wildman–Crippen MR) is 74.5 cm³/mol. The van der Waals surface area contributed by atoms with Gasteiger partial charge in [0.1, 0.15) is 12.4 Å². The molecule has 0 heterocycles. The van der Waals surface area contributed by atoms with Crippen LogP contribution in [0.3, 0.4) is 0 Å². The van der Waals surface area contributed by atoms with Gasteiger partial charge in [-0.3, -0.25) is 0 Å². The first-order chi connectivity index (χ1) is 8.76. The van der Waals surface area contributed by atoms with Crippen molar-refractivity contribution >= 4 is 32.4 Å². The number of hydrogen-bond acceptors (Lipinski definition) is 4. The van der Waals surface area contributed by atoms with Gasteiger partial charge in [-0.25, -0.2) is 0 Å². The van der Waals surface area contributed by atoms with Crippen molar-refractivity contribution in [3.8, 4) is 5.75 Å². The summed E-state index contributed by atoms with van der Waals surface area (Å²) in [7, 11) is 1.60. The van der Waals surface area contributed by atoms with Gasteiger partial charge in [-0.05, 0) is 28.8 Å². The molecular weight excluding hydrogens is 298 g/mol. The van der Waals surface area contributed by atoms with Crippen LogP contribution < -0.4 is 4.74 Å². The monoisotopic (exact) mass is 309 g/mol. The molecule has 2 aromatic carbocycles. The fourth-order valence-corrected chi connectivity index (χ4v) is 2.06. The number of nitrogens with zero attached hydrogens (tertiary/aromatic N) is 1. The number of ether oxygens (including phenoxy) is 2. The molecule has 0 radical (unpaired) electrons. The Balaban J connectivity index is 2.44. The Labute approximate surface area is 113 Å². The highest BCUT2D eigenvalue weighted by molar-refractivity contribution is 9.10. The third kappa shape index (κ3) is 2.68. The van der Waals surface area contributed by atoms with Crippen molar-refractivity contribution < 1.29 is 9.47 Å². The molecule has 0 bridgehead atoms. The summed E-state index contributed by atoms with van der Waals surface area (Å²) >= 11 is 3.38. The van der Waals surface area contributed by atoms with Crippen LogP contribution in [0.1, 0.15) is 0 Å². The van der Waals surface area contributed by atoms with Crippen molar-refractivity contribution in [3.63, 3.8) is 0 Å². The maximum atomic E-state index is 11.0. The standard InChI is InChI=1S/C13H12BrNO3/c1-17-6-7-18-12-5-3-9-2-4-10(14)8-11(9)13(12)15-16/h2-5,8H,6-7H2,1H3. The van der Waals surface area contributed by atoms with E-state index < -0.39 is 0 Å². The average Bonchev–Trinajstić information content (AvgIpc) is 2.38. The lowest BCUT2D eigenvalue weighted by Crippen LogP contribution is -2.04. The van der Waals surface area contributed by atoms with E-state index in [-0.39, 0.29) is 0 Å². The van der Waals surface area contributed by atoms with Crippen LogP contribution >= 0.6 is 15.9 Å². The first-order valence-electron chi connectivity index (χ1n) is 5.43. The topological polar surface area (TPSA) is 47.9 Å². The maximum Gasteiger partial charge on any atom is 0.157 e. The average molecular weight is 310 g/mol. The third-order valence-electron chi connectivity index (χ3n) is 2.55. The zero-order chi connectivity index (χ0) is 13.0. The second kappa shape index (κ2) is 5.93. The summed E-state index contributed by atoms with van der Waals surface area (Å²) < 4.78 is 11.3. The number of hydrogen-bond donors (Lipinski definition) is 0. The van der Waals surface area contributed by atoms with Crippen LogP contribution in [0, 0.1) is 4.91 Å². The van der Waals surface area contributed by atoms with E-state index in [1.54, 1.807) is 13.2 Å². The number of rotatable bonds is 5. The van der Waals surface area contributed by atoms with Crippen LogP contribution in [0.25, 0.3) is 10.8 Å². The summed E-state index contributed by atoms with van der Waals surface area (Å²) in [5.74, 6) is 0.479. The molecule has 0 N–H and O–H groups in total. The molecule has 94 valence electrons. The molecule has 4 nitrogen and oxygen atoms in total. The van der Waals surface area contributed by atoms with E-state index in [0.717, 1.165) is 15.2 Å². The van der Waals surface area contributed by atoms with Gasteiger partial charge < -0.3 is 9.47 Å². The summed E-state index contributed by atoms with van der Waals surface area (Å²) in [6.07, 6.45) is 0. The highest BCUT2D eigenvalue weighted by Gasteiger charge is 2.10. The van der Waals surface area contributed by atoms with E-state index in [0.29, 0.717) is 24.7 Å². The zero-order valence-electron chi connectivity index (χ0n) is 9.85. The van der Waals surface area contributed by atoms with Gasteiger partial charge in [0.15, 0.2) is 5.69 Å². The van der Waals surface area contributed by atoms with E-state index in [1.165, 1.54) is 0 Å². The molecule has 0 aliphatic heterocycles. The molecule has 0 saturated carbocycles. The minimum absolute atomic E-state index is 0.324. The van der Waals surface area contributed by atoms with Gasteiger partial charge in [0.25, 0.3) is 0 Å². The van der Waals surface area contributed by atoms with Crippen LogP contribution in [-0.2, 0) is 4.74 Å². The Kier molecular flexibility index (Phi) is 4.28. The Morgan fingerprint density at radius 2 is 2.00 bits per heavy atom. The number of halogens is 1. The normalized spacial score (nSPS) is 10.6. The molecule has 5 heteroatoms. The van der Waals surface area contributed by atoms with Gasteiger partial charge in [-0.15, -0.1) is 4.91 Å². The van der Waals surface area contributed by atoms with Gasteiger partial charge in [0.2, 0.25) is 0 Å². The smallest absolute Gasteiger partial charge is 0.157 e. The fraction of sp³-hybridized carbons (Fsp3) is 0.231. The molecule has 0 unspecified atom stereocenters. The lowest BCUT2D eigenvalue weighted by atomic mass is 10.1. The summed E-state index contributed by atoms with van der Waals surface area (Å²) in [5, 5.41) is 4.81. The fourth-order valence-electron chi connectivity index (χ4n) is 1.70. The second-order valence-electron chi connectivity index (χ2n) is 3.71. The van der Waals surface area contributed by atoms with Crippen molar-refractivity contribution in [2.45, 2.75) is 0 Å². The molecular formula is C13H12BrNO3. The molecule has 0 aliphatic carbocycles. The van der Waals surface area contributed by atoms with Crippen molar-refractivity contribution in [1.29, 1.82) is 0 Å². The summed E-state index contributed by atoms with van der Waals surface area (Å²) in [5.41, 5.74) is 0.324. The molecule has 0 aromatic heterocycles. The number of nitroso groups, excluding NO2 is 1. The molecule has 0 fully saturated rings. The lowest BCUT2D eigenvalue weighted by Gasteiger charge is -2.09. The highest BCUT2D eigenvalue weighted by Crippen LogP contribution is 2.36. The minimum Gasteiger partial charge on any atom is -0.489 e. The van der Waals surface area contributed by atoms with Crippen LogP contribution in [-0.4, -0.2) is 20.3 Å². The van der Waals surface area contributed by atoms with E-state index in [1.807, 2.05) is 24.3 Å². The minimum atomic E-state index is 0.324. The Bertz CT molecular complexity index is 571. The molecule has 0 atom stereocenters. The lowest BCUT2D eigenvalue weighted by molar-refractivity contribution is 0.146. The van der Waals surface area contributed by atoms with Crippen LogP contribution in [0.4, 0.5) is 5.69 Å². The van der Waals surface area contributed by atoms with Crippen LogP contribution in [0.5, 0.6) is 5.75 Å². The summed E-state index contributed by atoms with van der Waals surface area (Å²) in [6.45, 7) is 0.855. The Hall–Kier alpha value is -1.46. The second-order valence-corrected chi connectivity index (χ2v) is 4.63. The van der Waals surface area contributed by atoms with Gasteiger partial charge in [0, 0.05) is 17.0 Å². The van der Waals surface area contributed by atoms with Crippen molar-refractivity contribution in [2.75, 3.05) is 20.3 Å². The van der Waals surface area contributed by atoms with E-state index in [2.05, 4.69) is 21.1 Å². The zero-order valence-corrected chi connectivity index (χ0v) is 11.4. The summed E-state index contributed by atoms with van der Waals surface area (Å²) in [6, 6.07) is 9.35. The van der Waals surface area contributed by atoms with Gasteiger partial charge in [-0.2, -0.15) is 0 Å². The van der Waals surface area contributed by atoms with Gasteiger partial charge in [0.05, 0.1) is 6.61 Å². The quantitative estimate of drug-likeness (QED) is 0.619. The molecule has 18 heavy (non-hydrogen) atoms. The summed E-state index contributed by atoms with van der Waals surface area (Å²) in [4.78, 5) is 11.0. The van der Waals surface area contributed by atoms with Gasteiger partial charge in [-0.1, -0.05) is 28.1 Å². The largest absolute Gasteiger partial charge is 0.489 e. The van der Waals surface area contributed by atoms with Crippen molar-refractivity contribution in [3.05, 3.63) is 39.7 Å². The molecule has 0 amide bonds. The Morgan fingerprint density at radius 3 is 2.72 bits per heavy atom. The van der Waals surface area contributed by atoms with E-state index in [4.69, 9.17) is 9.47 Å². The number of methoxy groups -OCH3 is 1. The SMILES string of the molecule is COCCOc1ccc2ccc(Br)cc2c1N=O. The first kappa shape index (κ1) is 13.0. The molecule has 2 rings (SSSR count). The number of fused-ring (bicyclic) bond motifs is 1. The van der Waals surface area contributed by atoms with Crippen molar-refractivity contribution in [1.82, 2.24) is 0 Å². The number of benzene rings is 2. The Morgan fingerprint density at radius 1 is 1.22 bits per heavy atom. The van der Waals surface area contributed by atoms with Gasteiger partial charge >= 0.3 is 0 Å². The van der Waals surface area contributed by atoms with E-state index >= 15 is 0 Å². The molecule has 0 aliphatic rings. The molecule has 0 saturated heterocycles. The maximum absolute atomic E-state index is 11.0. The molecule has 2 aromatic rings. The molecule has 0 spiro atoms. The van der Waals surface area contributed by atoms with E-state index in [9.17, 15) is 4.91 Å². The van der Waals surface area contributed by atoms with Crippen LogP contribution in [0.15, 0.2) is 40.0 Å². The third-order valence-corrected chi connectivity index (χ3v) is 3.05. The first-order valence-corrected chi connectivity index (χ1v) is 6.23. The van der Waals surface area contributed by atoms with Crippen LogP contribution in [0.2, 0.25) is 0 Å². The van der Waals surface area contributed by atoms with Crippen molar-refractivity contribution in [2.24, 2.45) is 5.18 Å². The predicted octanol–water partition coefficient (Wildman–Crippen LogP) is 4.03.